The quantitative estimate of drug-likeness (QED) is 0.621. The fourth-order valence-electron chi connectivity index (χ4n) is 2.57. The molecule has 3 aliphatic rings. The highest BCUT2D eigenvalue weighted by atomic mass is 16.8. The Balaban J connectivity index is 1.81. The molecule has 0 N–H and O–H groups in total. The second-order valence-corrected chi connectivity index (χ2v) is 5.44. The van der Waals surface area contributed by atoms with Crippen molar-refractivity contribution < 1.29 is 23.7 Å². The first-order valence-corrected chi connectivity index (χ1v) is 5.69. The van der Waals surface area contributed by atoms with Crippen LogP contribution in [0, 0.1) is 0 Å². The molecular formula is C11H18O5. The molecule has 16 heavy (non-hydrogen) atoms. The normalized spacial score (nSPS) is 48.8. The van der Waals surface area contributed by atoms with Gasteiger partial charge in [-0.15, -0.1) is 0 Å². The lowest BCUT2D eigenvalue weighted by molar-refractivity contribution is -0.205. The largest absolute Gasteiger partial charge is 0.347 e. The van der Waals surface area contributed by atoms with Gasteiger partial charge in [-0.05, 0) is 27.7 Å². The van der Waals surface area contributed by atoms with E-state index in [2.05, 4.69) is 0 Å². The number of rotatable bonds is 0. The van der Waals surface area contributed by atoms with Crippen molar-refractivity contribution in [2.75, 3.05) is 6.61 Å². The maximum atomic E-state index is 5.85. The highest BCUT2D eigenvalue weighted by Crippen LogP contribution is 2.41. The smallest absolute Gasteiger partial charge is 0.189 e. The molecule has 0 bridgehead atoms. The Morgan fingerprint density at radius 1 is 0.812 bits per heavy atom. The highest BCUT2D eigenvalue weighted by molar-refractivity contribution is 4.95. The summed E-state index contributed by atoms with van der Waals surface area (Å²) in [6.07, 6.45) is -0.700. The lowest BCUT2D eigenvalue weighted by atomic mass is 10.1. The van der Waals surface area contributed by atoms with Crippen LogP contribution < -0.4 is 0 Å². The van der Waals surface area contributed by atoms with Crippen molar-refractivity contribution in [2.45, 2.75) is 63.9 Å². The van der Waals surface area contributed by atoms with E-state index in [4.69, 9.17) is 23.7 Å². The van der Waals surface area contributed by atoms with Crippen molar-refractivity contribution in [3.05, 3.63) is 0 Å². The van der Waals surface area contributed by atoms with Crippen molar-refractivity contribution >= 4 is 0 Å². The van der Waals surface area contributed by atoms with Crippen LogP contribution in [0.1, 0.15) is 27.7 Å². The number of hydrogen-bond donors (Lipinski definition) is 0. The summed E-state index contributed by atoms with van der Waals surface area (Å²) in [7, 11) is 0. The van der Waals surface area contributed by atoms with Gasteiger partial charge in [0.05, 0.1) is 6.61 Å². The van der Waals surface area contributed by atoms with Gasteiger partial charge in [0, 0.05) is 0 Å². The summed E-state index contributed by atoms with van der Waals surface area (Å²) in [6.45, 7) is 8.06. The van der Waals surface area contributed by atoms with E-state index in [0.29, 0.717) is 6.61 Å². The van der Waals surface area contributed by atoms with Crippen LogP contribution in [-0.4, -0.2) is 42.8 Å². The molecule has 4 atom stereocenters. The standard InChI is InChI=1S/C11H18O5/c1-10(2)13-6-5-12-9-8(7(6)14-10)15-11(3,4)16-9/h6-9H,5H2,1-4H3. The first-order chi connectivity index (χ1) is 7.36. The molecule has 3 aliphatic heterocycles. The number of fused-ring (bicyclic) bond motifs is 3. The zero-order valence-corrected chi connectivity index (χ0v) is 10.1. The van der Waals surface area contributed by atoms with Gasteiger partial charge in [-0.25, -0.2) is 0 Å². The monoisotopic (exact) mass is 230 g/mol. The minimum atomic E-state index is -0.611. The van der Waals surface area contributed by atoms with E-state index >= 15 is 0 Å². The van der Waals surface area contributed by atoms with E-state index in [0.717, 1.165) is 0 Å². The van der Waals surface area contributed by atoms with Gasteiger partial charge in [0.15, 0.2) is 17.9 Å². The summed E-state index contributed by atoms with van der Waals surface area (Å²) < 4.78 is 28.6. The molecule has 0 amide bonds. The molecule has 3 saturated heterocycles. The Bertz CT molecular complexity index is 271. The van der Waals surface area contributed by atoms with Crippen LogP contribution in [0.2, 0.25) is 0 Å². The Labute approximate surface area is 94.9 Å². The lowest BCUT2D eigenvalue weighted by Gasteiger charge is -2.30. The molecule has 92 valence electrons. The van der Waals surface area contributed by atoms with Crippen LogP contribution in [0.5, 0.6) is 0 Å². The first-order valence-electron chi connectivity index (χ1n) is 5.69. The van der Waals surface area contributed by atoms with Gasteiger partial charge in [0.2, 0.25) is 0 Å². The Hall–Kier alpha value is -0.200. The van der Waals surface area contributed by atoms with E-state index in [-0.39, 0.29) is 24.6 Å². The maximum Gasteiger partial charge on any atom is 0.189 e. The molecule has 5 nitrogen and oxygen atoms in total. The third-order valence-corrected chi connectivity index (χ3v) is 3.06. The third-order valence-electron chi connectivity index (χ3n) is 3.06. The molecule has 3 rings (SSSR count). The minimum Gasteiger partial charge on any atom is -0.347 e. The highest BCUT2D eigenvalue weighted by Gasteiger charge is 2.57. The van der Waals surface area contributed by atoms with Gasteiger partial charge < -0.3 is 23.7 Å². The van der Waals surface area contributed by atoms with Crippen molar-refractivity contribution in [3.63, 3.8) is 0 Å². The van der Waals surface area contributed by atoms with Crippen molar-refractivity contribution in [2.24, 2.45) is 0 Å². The molecule has 5 heteroatoms. The molecule has 4 unspecified atom stereocenters. The second kappa shape index (κ2) is 3.17. The Kier molecular flexibility index (Phi) is 2.17. The second-order valence-electron chi connectivity index (χ2n) is 5.44. The van der Waals surface area contributed by atoms with Gasteiger partial charge in [-0.1, -0.05) is 0 Å². The summed E-state index contributed by atoms with van der Waals surface area (Å²) in [5.41, 5.74) is 0. The van der Waals surface area contributed by atoms with Gasteiger partial charge in [0.25, 0.3) is 0 Å². The minimum absolute atomic E-state index is 0.0613. The molecule has 0 aromatic rings. The predicted octanol–water partition coefficient (Wildman–Crippen LogP) is 1.01. The van der Waals surface area contributed by atoms with Crippen LogP contribution in [0.25, 0.3) is 0 Å². The van der Waals surface area contributed by atoms with Gasteiger partial charge in [-0.2, -0.15) is 0 Å². The molecule has 3 heterocycles. The average Bonchev–Trinajstić information content (AvgIpc) is 2.58. The zero-order chi connectivity index (χ0) is 11.6. The predicted molar refractivity (Wildman–Crippen MR) is 53.6 cm³/mol. The van der Waals surface area contributed by atoms with E-state index in [1.54, 1.807) is 0 Å². The van der Waals surface area contributed by atoms with E-state index in [1.165, 1.54) is 0 Å². The van der Waals surface area contributed by atoms with Crippen LogP contribution in [0.4, 0.5) is 0 Å². The Morgan fingerprint density at radius 2 is 1.44 bits per heavy atom. The molecule has 0 radical (unpaired) electrons. The van der Waals surface area contributed by atoms with Crippen molar-refractivity contribution in [1.29, 1.82) is 0 Å². The summed E-state index contributed by atoms with van der Waals surface area (Å²) in [5.74, 6) is -1.18. The molecule has 0 spiro atoms. The number of ether oxygens (including phenoxy) is 5. The fraction of sp³-hybridized carbons (Fsp3) is 1.00. The number of hydrogen-bond acceptors (Lipinski definition) is 5. The third kappa shape index (κ3) is 1.67. The summed E-state index contributed by atoms with van der Waals surface area (Å²) in [5, 5.41) is 0. The zero-order valence-electron chi connectivity index (χ0n) is 10.1. The van der Waals surface area contributed by atoms with Gasteiger partial charge in [-0.3, -0.25) is 0 Å². The van der Waals surface area contributed by atoms with Gasteiger partial charge >= 0.3 is 0 Å². The average molecular weight is 230 g/mol. The summed E-state index contributed by atoms with van der Waals surface area (Å²) in [6, 6.07) is 0. The molecule has 3 fully saturated rings. The summed E-state index contributed by atoms with van der Waals surface area (Å²) >= 11 is 0. The van der Waals surface area contributed by atoms with Crippen LogP contribution in [0.3, 0.4) is 0 Å². The van der Waals surface area contributed by atoms with Crippen LogP contribution >= 0.6 is 0 Å². The van der Waals surface area contributed by atoms with Gasteiger partial charge in [0.1, 0.15) is 18.3 Å². The Morgan fingerprint density at radius 3 is 2.19 bits per heavy atom. The maximum absolute atomic E-state index is 5.85. The molecule has 0 saturated carbocycles. The van der Waals surface area contributed by atoms with Crippen LogP contribution in [0.15, 0.2) is 0 Å². The molecule has 0 aromatic heterocycles. The van der Waals surface area contributed by atoms with Crippen molar-refractivity contribution in [1.82, 2.24) is 0 Å². The fourth-order valence-corrected chi connectivity index (χ4v) is 2.57. The molecular weight excluding hydrogens is 212 g/mol. The lowest BCUT2D eigenvalue weighted by Crippen LogP contribution is -2.50. The van der Waals surface area contributed by atoms with E-state index in [9.17, 15) is 0 Å². The van der Waals surface area contributed by atoms with Crippen molar-refractivity contribution in [3.8, 4) is 0 Å². The van der Waals surface area contributed by atoms with E-state index in [1.807, 2.05) is 27.7 Å². The topological polar surface area (TPSA) is 46.2 Å². The molecule has 0 aliphatic carbocycles. The summed E-state index contributed by atoms with van der Waals surface area (Å²) in [4.78, 5) is 0. The first kappa shape index (κ1) is 10.9. The SMILES string of the molecule is CC1(C)OC2COC3OC(C)(C)OC3C2O1. The van der Waals surface area contributed by atoms with E-state index < -0.39 is 11.6 Å². The molecule has 0 aromatic carbocycles. The van der Waals surface area contributed by atoms with Crippen LogP contribution in [-0.2, 0) is 23.7 Å².